The van der Waals surface area contributed by atoms with Crippen molar-refractivity contribution in [2.24, 2.45) is 4.99 Å². The number of carbonyl (C=O) groups excluding carboxylic acids is 2. The zero-order valence-electron chi connectivity index (χ0n) is 33.3. The summed E-state index contributed by atoms with van der Waals surface area (Å²) in [6.07, 6.45) is 4.07. The Morgan fingerprint density at radius 1 is 0.951 bits per heavy atom. The molecule has 0 bridgehead atoms. The van der Waals surface area contributed by atoms with Gasteiger partial charge in [-0.25, -0.2) is 4.79 Å². The van der Waals surface area contributed by atoms with Gasteiger partial charge in [0, 0.05) is 56.7 Å². The average molecular weight is 880 g/mol. The van der Waals surface area contributed by atoms with Gasteiger partial charge in [-0.1, -0.05) is 52.7 Å². The first-order valence-corrected chi connectivity index (χ1v) is 21.1. The highest BCUT2D eigenvalue weighted by Gasteiger charge is 2.32. The van der Waals surface area contributed by atoms with Crippen LogP contribution in [0.25, 0.3) is 27.0 Å². The summed E-state index contributed by atoms with van der Waals surface area (Å²) in [6.45, 7) is 7.30. The topological polar surface area (TPSA) is 194 Å². The Balaban J connectivity index is 0.791. The molecular formula is C43H40Cl2N10O5S. The summed E-state index contributed by atoms with van der Waals surface area (Å²) >= 11 is 14.4. The molecule has 4 aromatic heterocycles. The third kappa shape index (κ3) is 8.92. The van der Waals surface area contributed by atoms with Crippen molar-refractivity contribution in [3.05, 3.63) is 128 Å². The number of nitrogens with one attached hydrogen (secondary N) is 3. The summed E-state index contributed by atoms with van der Waals surface area (Å²) in [4.78, 5) is 46.8. The highest BCUT2D eigenvalue weighted by atomic mass is 35.5. The number of benzene rings is 3. The summed E-state index contributed by atoms with van der Waals surface area (Å²) in [7, 11) is 0. The van der Waals surface area contributed by atoms with Gasteiger partial charge in [0.2, 0.25) is 11.8 Å². The third-order valence-corrected chi connectivity index (χ3v) is 12.2. The van der Waals surface area contributed by atoms with Gasteiger partial charge >= 0.3 is 5.97 Å². The number of thiophene rings is 1. The molecule has 1 aliphatic rings. The summed E-state index contributed by atoms with van der Waals surface area (Å²) in [5.74, 6) is 0.566. The standard InChI is InChI=1S/C43H40Cl2N10O5S/c1-23-24(2)61-42-39(23)40(27-6-10-28(44)11-7-27)49-36(41-52-50-25(3)55(41)42)19-38(57)48-20-29-22-54(53-51-29)15-4-5-37(56)46-14-16-60-30-12-8-26(9-13-30)31-17-32-33(43(58)59)21-47-35(32)18-34(31)45/h6-13,17-18,21-22,36,47H,4-5,14-16,19-20H2,1-3H3,(H,46,56)(H,48,57)(H,58,59)/t36-/m0/s1. The summed E-state index contributed by atoms with van der Waals surface area (Å²) in [6, 6.07) is 17.7. The van der Waals surface area contributed by atoms with E-state index in [2.05, 4.69) is 50.0 Å². The van der Waals surface area contributed by atoms with E-state index in [0.717, 1.165) is 37.8 Å². The number of aromatic amines is 1. The van der Waals surface area contributed by atoms with Crippen molar-refractivity contribution in [3.63, 3.8) is 0 Å². The highest BCUT2D eigenvalue weighted by Crippen LogP contribution is 2.40. The molecule has 0 saturated heterocycles. The molecule has 7 aromatic rings. The maximum Gasteiger partial charge on any atom is 0.337 e. The second-order valence-electron chi connectivity index (χ2n) is 14.6. The molecule has 0 aliphatic carbocycles. The van der Waals surface area contributed by atoms with E-state index < -0.39 is 12.0 Å². The van der Waals surface area contributed by atoms with Crippen molar-refractivity contribution in [1.82, 2.24) is 45.4 Å². The Kier molecular flexibility index (Phi) is 12.0. The fourth-order valence-corrected chi connectivity index (χ4v) is 8.83. The van der Waals surface area contributed by atoms with Crippen molar-refractivity contribution in [2.45, 2.75) is 59.2 Å². The Morgan fingerprint density at radius 2 is 1.72 bits per heavy atom. The molecule has 0 fully saturated rings. The fourth-order valence-electron chi connectivity index (χ4n) is 7.22. The molecule has 5 heterocycles. The third-order valence-electron chi connectivity index (χ3n) is 10.4. The van der Waals surface area contributed by atoms with Crippen molar-refractivity contribution >= 4 is 68.9 Å². The number of carboxylic acids is 1. The van der Waals surface area contributed by atoms with Crippen molar-refractivity contribution < 1.29 is 24.2 Å². The molecule has 2 amide bonds. The van der Waals surface area contributed by atoms with Gasteiger partial charge in [-0.05, 0) is 74.7 Å². The Hall–Kier alpha value is -6.36. The van der Waals surface area contributed by atoms with Crippen LogP contribution in [0.15, 0.2) is 78.0 Å². The molecular weight excluding hydrogens is 840 g/mol. The van der Waals surface area contributed by atoms with Crippen LogP contribution in [0.1, 0.15) is 74.6 Å². The molecule has 312 valence electrons. The van der Waals surface area contributed by atoms with Crippen molar-refractivity contribution in [3.8, 4) is 21.9 Å². The number of amides is 2. The molecule has 61 heavy (non-hydrogen) atoms. The summed E-state index contributed by atoms with van der Waals surface area (Å²) in [5.41, 5.74) is 6.70. The predicted molar refractivity (Wildman–Crippen MR) is 233 cm³/mol. The number of aromatic carboxylic acids is 1. The van der Waals surface area contributed by atoms with Gasteiger partial charge in [-0.2, -0.15) is 0 Å². The van der Waals surface area contributed by atoms with E-state index in [1.165, 1.54) is 6.20 Å². The number of carbonyl (C=O) groups is 3. The van der Waals surface area contributed by atoms with Crippen LogP contribution in [0, 0.1) is 20.8 Å². The molecule has 0 radical (unpaired) electrons. The fraction of sp³-hybridized carbons (Fsp3) is 0.256. The van der Waals surface area contributed by atoms with Gasteiger partial charge in [0.05, 0.1) is 42.0 Å². The van der Waals surface area contributed by atoms with Crippen molar-refractivity contribution in [1.29, 1.82) is 0 Å². The smallest absolute Gasteiger partial charge is 0.337 e. The van der Waals surface area contributed by atoms with Gasteiger partial charge in [-0.3, -0.25) is 23.8 Å². The van der Waals surface area contributed by atoms with Crippen LogP contribution in [0.3, 0.4) is 0 Å². The maximum atomic E-state index is 13.4. The van der Waals surface area contributed by atoms with E-state index in [4.69, 9.17) is 32.9 Å². The van der Waals surface area contributed by atoms with Gasteiger partial charge in [0.1, 0.15) is 34.9 Å². The molecule has 3 aromatic carbocycles. The second-order valence-corrected chi connectivity index (χ2v) is 16.6. The van der Waals surface area contributed by atoms with Crippen LogP contribution in [0.2, 0.25) is 10.0 Å². The molecule has 1 aliphatic heterocycles. The summed E-state index contributed by atoms with van der Waals surface area (Å²) in [5, 5.41) is 35.2. The zero-order chi connectivity index (χ0) is 42.8. The number of aryl methyl sites for hydroxylation is 3. The lowest BCUT2D eigenvalue weighted by molar-refractivity contribution is -0.122. The maximum absolute atomic E-state index is 13.4. The van der Waals surface area contributed by atoms with E-state index in [1.807, 2.05) is 47.9 Å². The normalized spacial score (nSPS) is 13.3. The first-order valence-electron chi connectivity index (χ1n) is 19.5. The lowest BCUT2D eigenvalue weighted by Crippen LogP contribution is -2.28. The lowest BCUT2D eigenvalue weighted by atomic mass is 9.99. The van der Waals surface area contributed by atoms with Gasteiger partial charge in [-0.15, -0.1) is 26.6 Å². The minimum Gasteiger partial charge on any atom is -0.492 e. The van der Waals surface area contributed by atoms with Crippen LogP contribution in [0.4, 0.5) is 0 Å². The number of halogens is 2. The van der Waals surface area contributed by atoms with Gasteiger partial charge in [0.15, 0.2) is 5.82 Å². The predicted octanol–water partition coefficient (Wildman–Crippen LogP) is 7.57. The van der Waals surface area contributed by atoms with Crippen molar-refractivity contribution in [2.75, 3.05) is 13.2 Å². The monoisotopic (exact) mass is 878 g/mol. The van der Waals surface area contributed by atoms with E-state index >= 15 is 0 Å². The number of fused-ring (bicyclic) bond motifs is 4. The van der Waals surface area contributed by atoms with Crippen LogP contribution in [-0.2, 0) is 22.7 Å². The largest absolute Gasteiger partial charge is 0.492 e. The molecule has 0 saturated carbocycles. The number of rotatable bonds is 15. The van der Waals surface area contributed by atoms with E-state index in [9.17, 15) is 19.5 Å². The molecule has 0 spiro atoms. The van der Waals surface area contributed by atoms with Crippen LogP contribution in [-0.4, -0.2) is 76.5 Å². The summed E-state index contributed by atoms with van der Waals surface area (Å²) < 4.78 is 9.47. The zero-order valence-corrected chi connectivity index (χ0v) is 35.7. The first kappa shape index (κ1) is 41.4. The van der Waals surface area contributed by atoms with E-state index in [-0.39, 0.29) is 43.4 Å². The Morgan fingerprint density at radius 3 is 2.49 bits per heavy atom. The van der Waals surface area contributed by atoms with Gasteiger partial charge < -0.3 is 25.5 Å². The second kappa shape index (κ2) is 17.7. The highest BCUT2D eigenvalue weighted by molar-refractivity contribution is 7.15. The number of H-pyrrole nitrogens is 1. The Labute approximate surface area is 363 Å². The lowest BCUT2D eigenvalue weighted by Gasteiger charge is -2.13. The number of nitrogens with zero attached hydrogens (tertiary/aromatic N) is 7. The number of hydrogen-bond donors (Lipinski definition) is 4. The number of hydrogen-bond acceptors (Lipinski definition) is 10. The first-order chi connectivity index (χ1) is 29.4. The van der Waals surface area contributed by atoms with E-state index in [0.29, 0.717) is 69.1 Å². The molecule has 18 heteroatoms. The molecule has 15 nitrogen and oxygen atoms in total. The molecule has 8 rings (SSSR count). The molecule has 1 atom stereocenters. The van der Waals surface area contributed by atoms with Crippen LogP contribution < -0.4 is 15.4 Å². The molecule has 0 unspecified atom stereocenters. The van der Waals surface area contributed by atoms with Crippen LogP contribution >= 0.6 is 34.5 Å². The molecule has 4 N–H and O–H groups in total. The number of ether oxygens (including phenoxy) is 1. The van der Waals surface area contributed by atoms with Crippen LogP contribution in [0.5, 0.6) is 5.75 Å². The van der Waals surface area contributed by atoms with E-state index in [1.54, 1.807) is 46.5 Å². The average Bonchev–Trinajstić information content (AvgIpc) is 4.02. The number of aromatic nitrogens is 7. The number of aliphatic imine (C=N–C) groups is 1. The minimum atomic E-state index is -1.02. The number of carboxylic acid groups (broad SMARTS) is 1. The Bertz CT molecular complexity index is 2810. The quantitative estimate of drug-likeness (QED) is 0.0752. The SMILES string of the molecule is Cc1sc2c(c1C)C(c1ccc(Cl)cc1)=N[C@@H](CC(=O)NCc1cn(CCCC(=O)NCCOc3ccc(-c4cc5c(C(=O)O)c[nH]c5cc4Cl)cc3)nn1)c1nnc(C)n1-2. The van der Waals surface area contributed by atoms with Gasteiger partial charge in [0.25, 0.3) is 0 Å². The minimum absolute atomic E-state index is 0.0440.